The first-order valence-electron chi connectivity index (χ1n) is 9.04. The van der Waals surface area contributed by atoms with E-state index in [0.717, 1.165) is 18.7 Å². The third kappa shape index (κ3) is 5.72. The average molecular weight is 386 g/mol. The molecular formula is C21H26N2O5. The van der Waals surface area contributed by atoms with Crippen LogP contribution in [0.1, 0.15) is 31.9 Å². The van der Waals surface area contributed by atoms with Crippen molar-refractivity contribution in [3.05, 3.63) is 53.7 Å². The Morgan fingerprint density at radius 3 is 2.32 bits per heavy atom. The molecule has 0 bridgehead atoms. The van der Waals surface area contributed by atoms with Crippen LogP contribution in [0.5, 0.6) is 5.75 Å². The van der Waals surface area contributed by atoms with Crippen LogP contribution in [-0.4, -0.2) is 38.9 Å². The quantitative estimate of drug-likeness (QED) is 0.561. The van der Waals surface area contributed by atoms with Crippen LogP contribution in [0, 0.1) is 0 Å². The molecule has 150 valence electrons. The number of hydrogen-bond donors (Lipinski definition) is 3. The lowest BCUT2D eigenvalue weighted by Crippen LogP contribution is -2.22. The van der Waals surface area contributed by atoms with Gasteiger partial charge >= 0.3 is 11.9 Å². The van der Waals surface area contributed by atoms with Gasteiger partial charge in [-0.25, -0.2) is 9.59 Å². The number of ether oxygens (including phenoxy) is 1. The predicted molar refractivity (Wildman–Crippen MR) is 106 cm³/mol. The van der Waals surface area contributed by atoms with E-state index in [1.54, 1.807) is 0 Å². The van der Waals surface area contributed by atoms with Crippen molar-refractivity contribution in [2.24, 2.45) is 5.73 Å². The van der Waals surface area contributed by atoms with Crippen molar-refractivity contribution in [3.8, 4) is 17.0 Å². The van der Waals surface area contributed by atoms with Crippen molar-refractivity contribution < 1.29 is 24.5 Å². The lowest BCUT2D eigenvalue weighted by molar-refractivity contribution is -0.134. The molecule has 1 aliphatic rings. The Kier molecular flexibility index (Phi) is 7.00. The van der Waals surface area contributed by atoms with Gasteiger partial charge in [-0.1, -0.05) is 6.07 Å². The number of carbonyl (C=O) groups is 2. The number of aliphatic carboxylic acids is 2. The van der Waals surface area contributed by atoms with Crippen LogP contribution in [0.2, 0.25) is 0 Å². The summed E-state index contributed by atoms with van der Waals surface area (Å²) in [5.74, 6) is -1.57. The number of benzene rings is 1. The van der Waals surface area contributed by atoms with Crippen LogP contribution in [0.4, 0.5) is 0 Å². The Morgan fingerprint density at radius 2 is 1.79 bits per heavy atom. The smallest absolute Gasteiger partial charge is 0.328 e. The molecule has 1 unspecified atom stereocenters. The molecule has 1 atom stereocenters. The Labute approximate surface area is 164 Å². The number of nitrogens with two attached hydrogens (primary N) is 1. The lowest BCUT2D eigenvalue weighted by atomic mass is 10.1. The van der Waals surface area contributed by atoms with E-state index < -0.39 is 11.9 Å². The first kappa shape index (κ1) is 21.2. The van der Waals surface area contributed by atoms with Crippen LogP contribution in [0.3, 0.4) is 0 Å². The summed E-state index contributed by atoms with van der Waals surface area (Å²) >= 11 is 0. The summed E-state index contributed by atoms with van der Waals surface area (Å²) in [4.78, 5) is 19.1. The van der Waals surface area contributed by atoms with Crippen LogP contribution in [0.25, 0.3) is 11.3 Å². The summed E-state index contributed by atoms with van der Waals surface area (Å²) in [5, 5.41) is 15.6. The molecule has 0 spiro atoms. The monoisotopic (exact) mass is 386 g/mol. The molecule has 0 aliphatic heterocycles. The molecule has 2 aromatic rings. The number of hydrogen-bond acceptors (Lipinski definition) is 4. The molecule has 0 fully saturated rings. The fourth-order valence-electron chi connectivity index (χ4n) is 3.07. The van der Waals surface area contributed by atoms with E-state index in [1.807, 2.05) is 6.92 Å². The van der Waals surface area contributed by atoms with Crippen LogP contribution in [0.15, 0.2) is 42.6 Å². The SMILES string of the molecule is CC(N)Cn1ccc2c1-c1cc(OC(C)C)ccc1C2.O=C(O)/C=C/C(=O)O. The molecule has 1 aliphatic carbocycles. The lowest BCUT2D eigenvalue weighted by Gasteiger charge is -2.14. The standard InChI is InChI=1S/C17H22N2O.C4H4O4/c1-11(2)20-15-5-4-13-8-14-6-7-19(10-12(3)18)17(14)16(13)9-15;5-3(6)1-2-4(7)8/h4-7,9,11-12H,8,10,18H2,1-3H3;1-2H,(H,5,6)(H,7,8)/b;2-1+. The molecule has 1 heterocycles. The molecule has 28 heavy (non-hydrogen) atoms. The number of aromatic nitrogens is 1. The number of nitrogens with zero attached hydrogens (tertiary/aromatic N) is 1. The van der Waals surface area contributed by atoms with Gasteiger partial charge in [0.05, 0.1) is 11.8 Å². The third-order valence-corrected chi connectivity index (χ3v) is 3.99. The maximum absolute atomic E-state index is 9.55. The minimum absolute atomic E-state index is 0.158. The zero-order chi connectivity index (χ0) is 20.8. The molecule has 1 aromatic carbocycles. The van der Waals surface area contributed by atoms with Crippen LogP contribution >= 0.6 is 0 Å². The molecule has 0 saturated heterocycles. The highest BCUT2D eigenvalue weighted by molar-refractivity contribution is 5.89. The van der Waals surface area contributed by atoms with E-state index in [-0.39, 0.29) is 12.1 Å². The molecule has 3 rings (SSSR count). The third-order valence-electron chi connectivity index (χ3n) is 3.99. The second kappa shape index (κ2) is 9.23. The maximum Gasteiger partial charge on any atom is 0.328 e. The summed E-state index contributed by atoms with van der Waals surface area (Å²) in [6.07, 6.45) is 4.47. The summed E-state index contributed by atoms with van der Waals surface area (Å²) in [7, 11) is 0. The number of carboxylic acids is 2. The number of rotatable bonds is 6. The molecule has 1 aromatic heterocycles. The second-order valence-corrected chi connectivity index (χ2v) is 6.99. The Morgan fingerprint density at radius 1 is 1.14 bits per heavy atom. The molecule has 7 heteroatoms. The van der Waals surface area contributed by atoms with Gasteiger partial charge in [-0.15, -0.1) is 0 Å². The zero-order valence-electron chi connectivity index (χ0n) is 16.3. The van der Waals surface area contributed by atoms with Crippen molar-refractivity contribution >= 4 is 11.9 Å². The average Bonchev–Trinajstić information content (AvgIpc) is 3.12. The molecule has 0 saturated carbocycles. The minimum atomic E-state index is -1.26. The van der Waals surface area contributed by atoms with Crippen molar-refractivity contribution in [2.75, 3.05) is 0 Å². The Bertz CT molecular complexity index is 865. The van der Waals surface area contributed by atoms with Gasteiger partial charge in [0.15, 0.2) is 0 Å². The Balaban J connectivity index is 0.000000300. The largest absolute Gasteiger partial charge is 0.491 e. The highest BCUT2D eigenvalue weighted by atomic mass is 16.5. The van der Waals surface area contributed by atoms with Crippen molar-refractivity contribution in [1.29, 1.82) is 0 Å². The van der Waals surface area contributed by atoms with Crippen LogP contribution in [-0.2, 0) is 22.6 Å². The minimum Gasteiger partial charge on any atom is -0.491 e. The van der Waals surface area contributed by atoms with E-state index in [9.17, 15) is 9.59 Å². The van der Waals surface area contributed by atoms with Gasteiger partial charge in [0, 0.05) is 42.9 Å². The van der Waals surface area contributed by atoms with Crippen LogP contribution < -0.4 is 10.5 Å². The van der Waals surface area contributed by atoms with E-state index >= 15 is 0 Å². The first-order chi connectivity index (χ1) is 13.2. The van der Waals surface area contributed by atoms with E-state index in [1.165, 1.54) is 22.4 Å². The van der Waals surface area contributed by atoms with Gasteiger partial charge in [0.25, 0.3) is 0 Å². The Hall–Kier alpha value is -3.06. The van der Waals surface area contributed by atoms with Gasteiger partial charge in [0.1, 0.15) is 5.75 Å². The van der Waals surface area contributed by atoms with Crippen molar-refractivity contribution in [2.45, 2.75) is 45.9 Å². The zero-order valence-corrected chi connectivity index (χ0v) is 16.3. The fraction of sp³-hybridized carbons (Fsp3) is 0.333. The summed E-state index contributed by atoms with van der Waals surface area (Å²) < 4.78 is 8.09. The normalized spacial score (nSPS) is 12.9. The number of carboxylic acid groups (broad SMARTS) is 2. The van der Waals surface area contributed by atoms with Gasteiger partial charge in [-0.05, 0) is 50.1 Å². The highest BCUT2D eigenvalue weighted by Gasteiger charge is 2.23. The summed E-state index contributed by atoms with van der Waals surface area (Å²) in [6, 6.07) is 8.79. The van der Waals surface area contributed by atoms with E-state index in [4.69, 9.17) is 20.7 Å². The highest BCUT2D eigenvalue weighted by Crippen LogP contribution is 2.39. The summed E-state index contributed by atoms with van der Waals surface area (Å²) in [6.45, 7) is 7.00. The van der Waals surface area contributed by atoms with Gasteiger partial charge in [0.2, 0.25) is 0 Å². The number of fused-ring (bicyclic) bond motifs is 3. The van der Waals surface area contributed by atoms with Crippen molar-refractivity contribution in [3.63, 3.8) is 0 Å². The van der Waals surface area contributed by atoms with Gasteiger partial charge in [-0.3, -0.25) is 0 Å². The maximum atomic E-state index is 9.55. The predicted octanol–water partition coefficient (Wildman–Crippen LogP) is 2.91. The fourth-order valence-corrected chi connectivity index (χ4v) is 3.07. The molecule has 4 N–H and O–H groups in total. The molecule has 7 nitrogen and oxygen atoms in total. The summed E-state index contributed by atoms with van der Waals surface area (Å²) in [5.41, 5.74) is 11.3. The first-order valence-corrected chi connectivity index (χ1v) is 9.04. The topological polar surface area (TPSA) is 115 Å². The molecule has 0 radical (unpaired) electrons. The van der Waals surface area contributed by atoms with E-state index in [0.29, 0.717) is 12.2 Å². The van der Waals surface area contributed by atoms with Crippen molar-refractivity contribution in [1.82, 2.24) is 4.57 Å². The molecular weight excluding hydrogens is 360 g/mol. The molecule has 0 amide bonds. The van der Waals surface area contributed by atoms with Gasteiger partial charge < -0.3 is 25.3 Å². The van der Waals surface area contributed by atoms with Gasteiger partial charge in [-0.2, -0.15) is 0 Å². The second-order valence-electron chi connectivity index (χ2n) is 6.99. The van der Waals surface area contributed by atoms with E-state index in [2.05, 4.69) is 48.9 Å².